The quantitative estimate of drug-likeness (QED) is 0.727. The average Bonchev–Trinajstić information content (AvgIpc) is 2.58. The van der Waals surface area contributed by atoms with Crippen LogP contribution in [0.2, 0.25) is 0 Å². The van der Waals surface area contributed by atoms with Crippen LogP contribution in [0.25, 0.3) is 0 Å². The standard InChI is InChI=1S/C12H24N2O.ClH/c13-6-9-15-10-8-14-7-2-5-12(14)11-3-1-4-11;/h11-12H,1-10,13H2;1H. The second-order valence-electron chi connectivity index (χ2n) is 4.84. The molecule has 2 N–H and O–H groups in total. The molecule has 1 aliphatic carbocycles. The minimum atomic E-state index is 0. The van der Waals surface area contributed by atoms with Gasteiger partial charge in [-0.15, -0.1) is 12.4 Å². The van der Waals surface area contributed by atoms with Crippen LogP contribution in [0.15, 0.2) is 0 Å². The van der Waals surface area contributed by atoms with Gasteiger partial charge in [0.15, 0.2) is 0 Å². The third-order valence-electron chi connectivity index (χ3n) is 3.89. The highest BCUT2D eigenvalue weighted by molar-refractivity contribution is 5.85. The first-order chi connectivity index (χ1) is 7.42. The summed E-state index contributed by atoms with van der Waals surface area (Å²) in [6.45, 7) is 4.61. The van der Waals surface area contributed by atoms with E-state index in [2.05, 4.69) is 4.90 Å². The molecule has 2 rings (SSSR count). The Hall–Kier alpha value is 0.170. The van der Waals surface area contributed by atoms with Crippen LogP contribution in [0.3, 0.4) is 0 Å². The van der Waals surface area contributed by atoms with Crippen LogP contribution in [-0.4, -0.2) is 43.8 Å². The number of ether oxygens (including phenoxy) is 1. The lowest BCUT2D eigenvalue weighted by Gasteiger charge is -2.37. The molecule has 0 spiro atoms. The molecule has 0 radical (unpaired) electrons. The van der Waals surface area contributed by atoms with E-state index in [0.717, 1.165) is 25.1 Å². The summed E-state index contributed by atoms with van der Waals surface area (Å²) in [5.74, 6) is 1.00. The highest BCUT2D eigenvalue weighted by Crippen LogP contribution is 2.36. The lowest BCUT2D eigenvalue weighted by molar-refractivity contribution is 0.0766. The maximum Gasteiger partial charge on any atom is 0.0594 e. The normalized spacial score (nSPS) is 26.4. The molecule has 1 atom stereocenters. The lowest BCUT2D eigenvalue weighted by atomic mass is 9.79. The number of hydrogen-bond acceptors (Lipinski definition) is 3. The lowest BCUT2D eigenvalue weighted by Crippen LogP contribution is -2.40. The van der Waals surface area contributed by atoms with E-state index in [1.807, 2.05) is 0 Å². The predicted molar refractivity (Wildman–Crippen MR) is 69.1 cm³/mol. The van der Waals surface area contributed by atoms with E-state index in [1.54, 1.807) is 0 Å². The molecule has 1 unspecified atom stereocenters. The summed E-state index contributed by atoms with van der Waals surface area (Å²) in [5.41, 5.74) is 5.39. The largest absolute Gasteiger partial charge is 0.379 e. The van der Waals surface area contributed by atoms with Crippen LogP contribution in [0.5, 0.6) is 0 Å². The Labute approximate surface area is 105 Å². The summed E-state index contributed by atoms with van der Waals surface area (Å²) < 4.78 is 5.46. The number of rotatable bonds is 6. The molecule has 1 aliphatic heterocycles. The van der Waals surface area contributed by atoms with Crippen molar-refractivity contribution in [3.63, 3.8) is 0 Å². The molecule has 16 heavy (non-hydrogen) atoms. The van der Waals surface area contributed by atoms with Crippen LogP contribution in [0.1, 0.15) is 32.1 Å². The first-order valence-electron chi connectivity index (χ1n) is 6.43. The van der Waals surface area contributed by atoms with Gasteiger partial charge in [0.05, 0.1) is 13.2 Å². The van der Waals surface area contributed by atoms with Gasteiger partial charge in [-0.1, -0.05) is 6.42 Å². The topological polar surface area (TPSA) is 38.5 Å². The molecule has 4 heteroatoms. The highest BCUT2D eigenvalue weighted by atomic mass is 35.5. The third kappa shape index (κ3) is 3.59. The minimum absolute atomic E-state index is 0. The summed E-state index contributed by atoms with van der Waals surface area (Å²) in [7, 11) is 0. The van der Waals surface area contributed by atoms with Gasteiger partial charge < -0.3 is 10.5 Å². The number of likely N-dealkylation sites (tertiary alicyclic amines) is 1. The van der Waals surface area contributed by atoms with Crippen molar-refractivity contribution in [1.29, 1.82) is 0 Å². The Bertz CT molecular complexity index is 188. The number of halogens is 1. The van der Waals surface area contributed by atoms with Crippen molar-refractivity contribution in [2.75, 3.05) is 32.8 Å². The summed E-state index contributed by atoms with van der Waals surface area (Å²) in [4.78, 5) is 2.64. The molecule has 3 nitrogen and oxygen atoms in total. The Kier molecular flexibility index (Phi) is 6.66. The van der Waals surface area contributed by atoms with Crippen LogP contribution in [-0.2, 0) is 4.74 Å². The molecule has 2 aliphatic rings. The molecule has 0 aromatic rings. The van der Waals surface area contributed by atoms with Crippen molar-refractivity contribution in [3.05, 3.63) is 0 Å². The second-order valence-corrected chi connectivity index (χ2v) is 4.84. The van der Waals surface area contributed by atoms with E-state index < -0.39 is 0 Å². The average molecular weight is 249 g/mol. The second kappa shape index (κ2) is 7.49. The van der Waals surface area contributed by atoms with Gasteiger partial charge in [0.25, 0.3) is 0 Å². The van der Waals surface area contributed by atoms with Gasteiger partial charge in [-0.25, -0.2) is 0 Å². The van der Waals surface area contributed by atoms with Crippen molar-refractivity contribution in [3.8, 4) is 0 Å². The first-order valence-corrected chi connectivity index (χ1v) is 6.43. The van der Waals surface area contributed by atoms with Gasteiger partial charge in [-0.05, 0) is 38.1 Å². The minimum Gasteiger partial charge on any atom is -0.379 e. The van der Waals surface area contributed by atoms with E-state index in [1.165, 1.54) is 38.6 Å². The van der Waals surface area contributed by atoms with E-state index >= 15 is 0 Å². The molecular formula is C12H25ClN2O. The predicted octanol–water partition coefficient (Wildman–Crippen LogP) is 1.65. The van der Waals surface area contributed by atoms with Gasteiger partial charge in [0.1, 0.15) is 0 Å². The SMILES string of the molecule is Cl.NCCOCCN1CCCC1C1CCC1. The zero-order valence-electron chi connectivity index (χ0n) is 10.1. The highest BCUT2D eigenvalue weighted by Gasteiger charge is 2.34. The Balaban J connectivity index is 0.00000128. The van der Waals surface area contributed by atoms with Crippen molar-refractivity contribution in [2.24, 2.45) is 11.7 Å². The fourth-order valence-electron chi connectivity index (χ4n) is 2.86. The zero-order valence-corrected chi connectivity index (χ0v) is 10.9. The fraction of sp³-hybridized carbons (Fsp3) is 1.00. The van der Waals surface area contributed by atoms with E-state index in [0.29, 0.717) is 13.2 Å². The summed E-state index contributed by atoms with van der Waals surface area (Å²) in [5, 5.41) is 0. The summed E-state index contributed by atoms with van der Waals surface area (Å²) >= 11 is 0. The van der Waals surface area contributed by atoms with E-state index in [9.17, 15) is 0 Å². The maximum atomic E-state index is 5.46. The van der Waals surface area contributed by atoms with E-state index in [4.69, 9.17) is 10.5 Å². The van der Waals surface area contributed by atoms with Crippen LogP contribution >= 0.6 is 12.4 Å². The molecule has 0 aromatic heterocycles. The Morgan fingerprint density at radius 3 is 2.56 bits per heavy atom. The first kappa shape index (κ1) is 14.2. The summed E-state index contributed by atoms with van der Waals surface area (Å²) in [6, 6.07) is 0.875. The summed E-state index contributed by atoms with van der Waals surface area (Å²) in [6.07, 6.45) is 7.19. The molecule has 2 fully saturated rings. The number of hydrogen-bond donors (Lipinski definition) is 1. The van der Waals surface area contributed by atoms with Crippen molar-refractivity contribution in [2.45, 2.75) is 38.1 Å². The van der Waals surface area contributed by atoms with Crippen molar-refractivity contribution >= 4 is 12.4 Å². The molecule has 0 bridgehead atoms. The van der Waals surface area contributed by atoms with Gasteiger partial charge in [0.2, 0.25) is 0 Å². The monoisotopic (exact) mass is 248 g/mol. The van der Waals surface area contributed by atoms with Gasteiger partial charge in [-0.3, -0.25) is 4.90 Å². The Morgan fingerprint density at radius 2 is 1.94 bits per heavy atom. The smallest absolute Gasteiger partial charge is 0.0594 e. The van der Waals surface area contributed by atoms with Crippen LogP contribution in [0, 0.1) is 5.92 Å². The number of nitrogens with two attached hydrogens (primary N) is 1. The molecule has 1 saturated carbocycles. The third-order valence-corrected chi connectivity index (χ3v) is 3.89. The van der Waals surface area contributed by atoms with Gasteiger partial charge >= 0.3 is 0 Å². The van der Waals surface area contributed by atoms with Gasteiger partial charge in [-0.2, -0.15) is 0 Å². The van der Waals surface area contributed by atoms with Crippen LogP contribution < -0.4 is 5.73 Å². The molecule has 0 amide bonds. The van der Waals surface area contributed by atoms with E-state index in [-0.39, 0.29) is 12.4 Å². The molecular weight excluding hydrogens is 224 g/mol. The molecule has 1 saturated heterocycles. The zero-order chi connectivity index (χ0) is 10.5. The Morgan fingerprint density at radius 1 is 1.12 bits per heavy atom. The molecule has 1 heterocycles. The molecule has 96 valence electrons. The fourth-order valence-corrected chi connectivity index (χ4v) is 2.86. The van der Waals surface area contributed by atoms with Crippen molar-refractivity contribution in [1.82, 2.24) is 4.90 Å². The van der Waals surface area contributed by atoms with Crippen LogP contribution in [0.4, 0.5) is 0 Å². The van der Waals surface area contributed by atoms with Gasteiger partial charge in [0, 0.05) is 19.1 Å². The van der Waals surface area contributed by atoms with Crippen molar-refractivity contribution < 1.29 is 4.74 Å². The number of nitrogens with zero attached hydrogens (tertiary/aromatic N) is 1. The maximum absolute atomic E-state index is 5.46. The molecule has 0 aromatic carbocycles.